The third-order valence-corrected chi connectivity index (χ3v) is 4.07. The first kappa shape index (κ1) is 13.1. The molecule has 0 aliphatic carbocycles. The number of hydrogen-bond acceptors (Lipinski definition) is 3. The number of piperazine rings is 1. The average Bonchev–Trinajstić information content (AvgIpc) is 2.49. The fourth-order valence-electron chi connectivity index (χ4n) is 2.67. The van der Waals surface area contributed by atoms with Crippen LogP contribution in [0.5, 0.6) is 0 Å². The molecule has 20 heavy (non-hydrogen) atoms. The van der Waals surface area contributed by atoms with Gasteiger partial charge in [-0.15, -0.1) is 0 Å². The van der Waals surface area contributed by atoms with E-state index < -0.39 is 0 Å². The number of rotatable bonds is 2. The highest BCUT2D eigenvalue weighted by Crippen LogP contribution is 2.28. The highest BCUT2D eigenvalue weighted by Gasteiger charge is 2.19. The Morgan fingerprint density at radius 1 is 0.750 bits per heavy atom. The lowest BCUT2D eigenvalue weighted by molar-refractivity contribution is 0.654. The van der Waals surface area contributed by atoms with Gasteiger partial charge in [0.2, 0.25) is 0 Å². The van der Waals surface area contributed by atoms with Crippen LogP contribution in [0.1, 0.15) is 0 Å². The summed E-state index contributed by atoms with van der Waals surface area (Å²) in [5.74, 6) is 0. The number of para-hydroxylation sites is 3. The molecule has 1 aliphatic heterocycles. The minimum Gasteiger partial charge on any atom is -0.397 e. The summed E-state index contributed by atoms with van der Waals surface area (Å²) in [5, 5.41) is 0.820. The summed E-state index contributed by atoms with van der Waals surface area (Å²) in [7, 11) is 0. The molecule has 0 bridgehead atoms. The first-order valence-corrected chi connectivity index (χ1v) is 7.22. The molecular formula is C16H18ClN3. The molecule has 2 aromatic carbocycles. The van der Waals surface area contributed by atoms with E-state index in [9.17, 15) is 0 Å². The predicted octanol–water partition coefficient (Wildman–Crippen LogP) is 3.25. The molecule has 0 aromatic heterocycles. The van der Waals surface area contributed by atoms with Crippen molar-refractivity contribution in [2.45, 2.75) is 0 Å². The van der Waals surface area contributed by atoms with Gasteiger partial charge < -0.3 is 15.5 Å². The maximum Gasteiger partial charge on any atom is 0.0639 e. The molecule has 0 atom stereocenters. The van der Waals surface area contributed by atoms with Gasteiger partial charge in [0.05, 0.1) is 22.1 Å². The van der Waals surface area contributed by atoms with E-state index in [0.717, 1.165) is 48.3 Å². The highest BCUT2D eigenvalue weighted by molar-refractivity contribution is 6.33. The number of nitrogens with zero attached hydrogens (tertiary/aromatic N) is 2. The Bertz CT molecular complexity index is 538. The van der Waals surface area contributed by atoms with Crippen LogP contribution in [0.25, 0.3) is 0 Å². The van der Waals surface area contributed by atoms with Crippen molar-refractivity contribution >= 4 is 28.7 Å². The van der Waals surface area contributed by atoms with Crippen molar-refractivity contribution < 1.29 is 0 Å². The zero-order valence-corrected chi connectivity index (χ0v) is 12.1. The van der Waals surface area contributed by atoms with Gasteiger partial charge in [0.15, 0.2) is 0 Å². The molecule has 3 rings (SSSR count). The molecule has 2 aromatic rings. The van der Waals surface area contributed by atoms with E-state index in [1.165, 1.54) is 0 Å². The van der Waals surface area contributed by atoms with Gasteiger partial charge in [-0.3, -0.25) is 0 Å². The Kier molecular flexibility index (Phi) is 3.70. The number of anilines is 3. The lowest BCUT2D eigenvalue weighted by Crippen LogP contribution is -2.46. The molecule has 3 nitrogen and oxygen atoms in total. The summed E-state index contributed by atoms with van der Waals surface area (Å²) in [6, 6.07) is 16.1. The van der Waals surface area contributed by atoms with Crippen LogP contribution in [0.2, 0.25) is 5.02 Å². The Morgan fingerprint density at radius 2 is 1.25 bits per heavy atom. The van der Waals surface area contributed by atoms with Gasteiger partial charge in [0.1, 0.15) is 0 Å². The summed E-state index contributed by atoms with van der Waals surface area (Å²) < 4.78 is 0. The number of hydrogen-bond donors (Lipinski definition) is 1. The summed E-state index contributed by atoms with van der Waals surface area (Å²) in [6.45, 7) is 3.83. The van der Waals surface area contributed by atoms with E-state index in [-0.39, 0.29) is 0 Å². The summed E-state index contributed by atoms with van der Waals surface area (Å²) in [4.78, 5) is 4.67. The molecule has 4 heteroatoms. The lowest BCUT2D eigenvalue weighted by atomic mass is 10.2. The molecule has 0 unspecified atom stereocenters. The molecule has 1 saturated heterocycles. The summed E-state index contributed by atoms with van der Waals surface area (Å²) >= 11 is 6.26. The summed E-state index contributed by atoms with van der Waals surface area (Å²) in [6.07, 6.45) is 0. The number of halogens is 1. The Morgan fingerprint density at radius 3 is 1.85 bits per heavy atom. The van der Waals surface area contributed by atoms with E-state index in [1.54, 1.807) is 0 Å². The van der Waals surface area contributed by atoms with E-state index in [0.29, 0.717) is 0 Å². The standard InChI is InChI=1S/C16H18ClN3/c17-13-5-1-3-7-15(13)19-9-11-20(12-10-19)16-8-4-2-6-14(16)18/h1-8H,9-12,18H2. The number of nitrogen functional groups attached to an aromatic ring is 1. The first-order chi connectivity index (χ1) is 9.75. The Hall–Kier alpha value is -1.87. The fourth-order valence-corrected chi connectivity index (χ4v) is 2.93. The van der Waals surface area contributed by atoms with Gasteiger partial charge in [0, 0.05) is 26.2 Å². The van der Waals surface area contributed by atoms with Crippen molar-refractivity contribution in [1.82, 2.24) is 0 Å². The van der Waals surface area contributed by atoms with Crippen molar-refractivity contribution in [2.75, 3.05) is 41.7 Å². The smallest absolute Gasteiger partial charge is 0.0639 e. The van der Waals surface area contributed by atoms with Gasteiger partial charge in [-0.25, -0.2) is 0 Å². The molecule has 0 saturated carbocycles. The quantitative estimate of drug-likeness (QED) is 0.861. The monoisotopic (exact) mass is 287 g/mol. The van der Waals surface area contributed by atoms with Crippen molar-refractivity contribution in [2.24, 2.45) is 0 Å². The van der Waals surface area contributed by atoms with Gasteiger partial charge in [-0.05, 0) is 24.3 Å². The maximum absolute atomic E-state index is 6.26. The second kappa shape index (κ2) is 5.63. The van der Waals surface area contributed by atoms with Crippen LogP contribution >= 0.6 is 11.6 Å². The second-order valence-electron chi connectivity index (χ2n) is 4.98. The number of benzene rings is 2. The summed E-state index contributed by atoms with van der Waals surface area (Å²) in [5.41, 5.74) is 9.14. The molecule has 1 heterocycles. The first-order valence-electron chi connectivity index (χ1n) is 6.84. The topological polar surface area (TPSA) is 32.5 Å². The molecule has 2 N–H and O–H groups in total. The van der Waals surface area contributed by atoms with E-state index in [4.69, 9.17) is 17.3 Å². The number of nitrogens with two attached hydrogens (primary N) is 1. The zero-order chi connectivity index (χ0) is 13.9. The molecule has 104 valence electrons. The second-order valence-corrected chi connectivity index (χ2v) is 5.39. The van der Waals surface area contributed by atoms with Crippen molar-refractivity contribution in [3.05, 3.63) is 53.6 Å². The van der Waals surface area contributed by atoms with Crippen LogP contribution in [0.3, 0.4) is 0 Å². The van der Waals surface area contributed by atoms with Crippen molar-refractivity contribution in [3.8, 4) is 0 Å². The lowest BCUT2D eigenvalue weighted by Gasteiger charge is -2.38. The van der Waals surface area contributed by atoms with E-state index >= 15 is 0 Å². The van der Waals surface area contributed by atoms with Gasteiger partial charge in [0.25, 0.3) is 0 Å². The molecular weight excluding hydrogens is 270 g/mol. The van der Waals surface area contributed by atoms with Crippen molar-refractivity contribution in [3.63, 3.8) is 0 Å². The third kappa shape index (κ3) is 2.54. The van der Waals surface area contributed by atoms with E-state index in [2.05, 4.69) is 21.9 Å². The zero-order valence-electron chi connectivity index (χ0n) is 11.3. The van der Waals surface area contributed by atoms with Crippen LogP contribution in [0.15, 0.2) is 48.5 Å². The van der Waals surface area contributed by atoms with Crippen LogP contribution in [-0.4, -0.2) is 26.2 Å². The van der Waals surface area contributed by atoms with Crippen LogP contribution in [-0.2, 0) is 0 Å². The highest BCUT2D eigenvalue weighted by atomic mass is 35.5. The third-order valence-electron chi connectivity index (χ3n) is 3.75. The largest absolute Gasteiger partial charge is 0.397 e. The SMILES string of the molecule is Nc1ccccc1N1CCN(c2ccccc2Cl)CC1. The van der Waals surface area contributed by atoms with Crippen LogP contribution in [0.4, 0.5) is 17.1 Å². The molecule has 0 amide bonds. The molecule has 0 radical (unpaired) electrons. The molecule has 0 spiro atoms. The fraction of sp³-hybridized carbons (Fsp3) is 0.250. The van der Waals surface area contributed by atoms with Crippen LogP contribution in [0, 0.1) is 0 Å². The van der Waals surface area contributed by atoms with Crippen LogP contribution < -0.4 is 15.5 Å². The minimum atomic E-state index is 0.820. The van der Waals surface area contributed by atoms with E-state index in [1.807, 2.05) is 36.4 Å². The molecule has 1 aliphatic rings. The van der Waals surface area contributed by atoms with Gasteiger partial charge in [-0.1, -0.05) is 35.9 Å². The Labute approximate surface area is 124 Å². The average molecular weight is 288 g/mol. The van der Waals surface area contributed by atoms with Gasteiger partial charge in [-0.2, -0.15) is 0 Å². The molecule has 1 fully saturated rings. The van der Waals surface area contributed by atoms with Gasteiger partial charge >= 0.3 is 0 Å². The van der Waals surface area contributed by atoms with Crippen molar-refractivity contribution in [1.29, 1.82) is 0 Å². The predicted molar refractivity (Wildman–Crippen MR) is 86.7 cm³/mol. The normalized spacial score (nSPS) is 15.4. The minimum absolute atomic E-state index is 0.820. The Balaban J connectivity index is 1.72. The maximum atomic E-state index is 6.26.